The maximum Gasteiger partial charge on any atom is 0.323 e. The molecule has 0 radical (unpaired) electrons. The van der Waals surface area contributed by atoms with Crippen molar-refractivity contribution in [2.75, 3.05) is 0 Å². The molecule has 0 aliphatic heterocycles. The lowest BCUT2D eigenvalue weighted by molar-refractivity contribution is 0.219. The van der Waals surface area contributed by atoms with Crippen LogP contribution in [0.15, 0.2) is 44.1 Å². The van der Waals surface area contributed by atoms with Crippen LogP contribution in [-0.2, 0) is 0 Å². The molecular formula is C15H12Br2N2O2. The van der Waals surface area contributed by atoms with Gasteiger partial charge >= 0.3 is 5.69 Å². The Balaban J connectivity index is 2.16. The van der Waals surface area contributed by atoms with E-state index in [-0.39, 0.29) is 5.69 Å². The van der Waals surface area contributed by atoms with Crippen LogP contribution in [0, 0.1) is 6.92 Å². The van der Waals surface area contributed by atoms with Crippen LogP contribution in [0.25, 0.3) is 11.0 Å². The molecule has 3 rings (SSSR count). The van der Waals surface area contributed by atoms with Crippen LogP contribution in [0.4, 0.5) is 0 Å². The van der Waals surface area contributed by atoms with Crippen molar-refractivity contribution in [2.45, 2.75) is 13.0 Å². The highest BCUT2D eigenvalue weighted by Gasteiger charge is 2.18. The van der Waals surface area contributed by atoms with Crippen molar-refractivity contribution in [1.29, 1.82) is 0 Å². The van der Waals surface area contributed by atoms with Crippen molar-refractivity contribution < 1.29 is 5.11 Å². The molecule has 0 aliphatic rings. The van der Waals surface area contributed by atoms with Gasteiger partial charge in [-0.25, -0.2) is 4.79 Å². The molecule has 108 valence electrons. The molecule has 1 unspecified atom stereocenters. The number of benzene rings is 2. The number of imidazole rings is 1. The Morgan fingerprint density at radius 1 is 1.05 bits per heavy atom. The number of rotatable bonds is 2. The second-order valence-corrected chi connectivity index (χ2v) is 6.56. The Morgan fingerprint density at radius 3 is 2.43 bits per heavy atom. The lowest BCUT2D eigenvalue weighted by Crippen LogP contribution is -2.03. The summed E-state index contributed by atoms with van der Waals surface area (Å²) in [5.74, 6) is 0. The Kier molecular flexibility index (Phi) is 3.77. The first-order valence-corrected chi connectivity index (χ1v) is 7.90. The first-order chi connectivity index (χ1) is 9.97. The minimum Gasteiger partial charge on any atom is -0.384 e. The number of fused-ring (bicyclic) bond motifs is 1. The van der Waals surface area contributed by atoms with Gasteiger partial charge < -0.3 is 15.1 Å². The second-order valence-electron chi connectivity index (χ2n) is 4.86. The summed E-state index contributed by atoms with van der Waals surface area (Å²) in [6, 6.07) is 9.29. The molecule has 0 spiro atoms. The number of aliphatic hydroxyl groups excluding tert-OH is 1. The summed E-state index contributed by atoms with van der Waals surface area (Å²) < 4.78 is 1.70. The van der Waals surface area contributed by atoms with Gasteiger partial charge in [0.2, 0.25) is 0 Å². The highest BCUT2D eigenvalue weighted by molar-refractivity contribution is 9.10. The molecular weight excluding hydrogens is 400 g/mol. The molecule has 0 saturated heterocycles. The van der Waals surface area contributed by atoms with Crippen molar-refractivity contribution in [1.82, 2.24) is 9.97 Å². The van der Waals surface area contributed by atoms with Crippen LogP contribution in [0.5, 0.6) is 0 Å². The highest BCUT2D eigenvalue weighted by atomic mass is 79.9. The third-order valence-corrected chi connectivity index (χ3v) is 5.08. The summed E-state index contributed by atoms with van der Waals surface area (Å²) >= 11 is 6.93. The minimum atomic E-state index is -0.778. The number of aromatic nitrogens is 2. The van der Waals surface area contributed by atoms with Crippen LogP contribution in [0.3, 0.4) is 0 Å². The molecule has 3 N–H and O–H groups in total. The zero-order chi connectivity index (χ0) is 15.1. The number of nitrogens with one attached hydrogen (secondary N) is 2. The highest BCUT2D eigenvalue weighted by Crippen LogP contribution is 2.34. The molecule has 1 heterocycles. The van der Waals surface area contributed by atoms with Gasteiger partial charge in [0.05, 0.1) is 11.0 Å². The fraction of sp³-hybridized carbons (Fsp3) is 0.133. The Morgan fingerprint density at radius 2 is 1.71 bits per heavy atom. The number of hydrogen-bond donors (Lipinski definition) is 3. The van der Waals surface area contributed by atoms with Crippen molar-refractivity contribution in [3.8, 4) is 0 Å². The van der Waals surface area contributed by atoms with E-state index in [4.69, 9.17) is 0 Å². The van der Waals surface area contributed by atoms with Gasteiger partial charge in [0.1, 0.15) is 6.10 Å². The van der Waals surface area contributed by atoms with E-state index in [9.17, 15) is 9.90 Å². The number of H-pyrrole nitrogens is 2. The van der Waals surface area contributed by atoms with Crippen LogP contribution in [-0.4, -0.2) is 15.1 Å². The smallest absolute Gasteiger partial charge is 0.323 e. The van der Waals surface area contributed by atoms with E-state index in [0.717, 1.165) is 20.1 Å². The average molecular weight is 412 g/mol. The summed E-state index contributed by atoms with van der Waals surface area (Å²) in [6.45, 7) is 1.95. The van der Waals surface area contributed by atoms with Crippen LogP contribution >= 0.6 is 31.9 Å². The quantitative estimate of drug-likeness (QED) is 0.600. The topological polar surface area (TPSA) is 68.9 Å². The molecule has 0 bridgehead atoms. The second kappa shape index (κ2) is 5.44. The molecule has 1 aromatic heterocycles. The van der Waals surface area contributed by atoms with Gasteiger partial charge in [-0.05, 0) is 36.2 Å². The third-order valence-electron chi connectivity index (χ3n) is 3.53. The number of aliphatic hydroxyl groups is 1. The summed E-state index contributed by atoms with van der Waals surface area (Å²) in [5.41, 5.74) is 3.63. The largest absolute Gasteiger partial charge is 0.384 e. The van der Waals surface area contributed by atoms with Crippen molar-refractivity contribution in [2.24, 2.45) is 0 Å². The molecule has 0 aliphatic carbocycles. The molecule has 0 amide bonds. The summed E-state index contributed by atoms with van der Waals surface area (Å²) in [4.78, 5) is 16.8. The SMILES string of the molecule is Cc1c(Br)cccc1C(O)c1cc2[nH]c(=O)[nH]c2cc1Br. The monoisotopic (exact) mass is 410 g/mol. The first kappa shape index (κ1) is 14.6. The predicted molar refractivity (Wildman–Crippen MR) is 89.6 cm³/mol. The lowest BCUT2D eigenvalue weighted by atomic mass is 9.97. The molecule has 4 nitrogen and oxygen atoms in total. The van der Waals surface area contributed by atoms with Crippen molar-refractivity contribution >= 4 is 42.9 Å². The minimum absolute atomic E-state index is 0.262. The first-order valence-electron chi connectivity index (χ1n) is 6.32. The predicted octanol–water partition coefficient (Wildman–Crippen LogP) is 3.77. The van der Waals surface area contributed by atoms with Gasteiger partial charge in [0.25, 0.3) is 0 Å². The fourth-order valence-corrected chi connectivity index (χ4v) is 3.31. The summed E-state index contributed by atoms with van der Waals surface area (Å²) in [6.07, 6.45) is -0.778. The molecule has 1 atom stereocenters. The van der Waals surface area contributed by atoms with Gasteiger partial charge in [-0.2, -0.15) is 0 Å². The van der Waals surface area contributed by atoms with Gasteiger partial charge in [0, 0.05) is 14.5 Å². The van der Waals surface area contributed by atoms with Crippen molar-refractivity contribution in [3.63, 3.8) is 0 Å². The van der Waals surface area contributed by atoms with Crippen LogP contribution < -0.4 is 5.69 Å². The van der Waals surface area contributed by atoms with E-state index in [1.165, 1.54) is 0 Å². The van der Waals surface area contributed by atoms with Crippen LogP contribution in [0.1, 0.15) is 22.8 Å². The number of halogens is 2. The molecule has 2 aromatic carbocycles. The van der Waals surface area contributed by atoms with Crippen molar-refractivity contribution in [3.05, 3.63) is 66.5 Å². The Hall–Kier alpha value is -1.37. The van der Waals surface area contributed by atoms with Gasteiger partial charge in [-0.3, -0.25) is 0 Å². The zero-order valence-electron chi connectivity index (χ0n) is 11.1. The Bertz CT molecular complexity index is 883. The lowest BCUT2D eigenvalue weighted by Gasteiger charge is -2.16. The normalized spacial score (nSPS) is 12.8. The van der Waals surface area contributed by atoms with E-state index in [2.05, 4.69) is 41.8 Å². The summed E-state index contributed by atoms with van der Waals surface area (Å²) in [5, 5.41) is 10.7. The standard InChI is InChI=1S/C15H12Br2N2O2/c1-7-8(3-2-4-10(7)16)14(20)9-5-12-13(6-11(9)17)19-15(21)18-12/h2-6,14,20H,1H3,(H2,18,19,21). The number of aromatic amines is 2. The van der Waals surface area contributed by atoms with Gasteiger partial charge in [-0.1, -0.05) is 44.0 Å². The Labute approximate surface area is 137 Å². The molecule has 21 heavy (non-hydrogen) atoms. The molecule has 6 heteroatoms. The third kappa shape index (κ3) is 2.59. The zero-order valence-corrected chi connectivity index (χ0v) is 14.2. The van der Waals surface area contributed by atoms with Crippen LogP contribution in [0.2, 0.25) is 0 Å². The van der Waals surface area contributed by atoms with Gasteiger partial charge in [0.15, 0.2) is 0 Å². The van der Waals surface area contributed by atoms with E-state index in [0.29, 0.717) is 16.6 Å². The van der Waals surface area contributed by atoms with Gasteiger partial charge in [-0.15, -0.1) is 0 Å². The van der Waals surface area contributed by atoms with E-state index in [1.54, 1.807) is 12.1 Å². The maximum absolute atomic E-state index is 11.4. The molecule has 0 fully saturated rings. The van der Waals surface area contributed by atoms with E-state index >= 15 is 0 Å². The fourth-order valence-electron chi connectivity index (χ4n) is 2.37. The average Bonchev–Trinajstić information content (AvgIpc) is 2.79. The molecule has 3 aromatic rings. The summed E-state index contributed by atoms with van der Waals surface area (Å²) in [7, 11) is 0. The van der Waals surface area contributed by atoms with E-state index < -0.39 is 6.10 Å². The van der Waals surface area contributed by atoms with E-state index in [1.807, 2.05) is 25.1 Å². The molecule has 0 saturated carbocycles. The number of hydrogen-bond acceptors (Lipinski definition) is 2. The maximum atomic E-state index is 11.4.